The summed E-state index contributed by atoms with van der Waals surface area (Å²) in [5.74, 6) is -0.852. The van der Waals surface area contributed by atoms with Crippen LogP contribution < -0.4 is 10.2 Å². The molecular formula is C31H31FN6O5. The highest BCUT2D eigenvalue weighted by atomic mass is 19.1. The van der Waals surface area contributed by atoms with Crippen molar-refractivity contribution in [3.05, 3.63) is 65.2 Å². The topological polar surface area (TPSA) is 141 Å². The Hall–Kier alpha value is -4.60. The number of pyridine rings is 2. The standard InChI is InChI=1S/C31H31FN6O5/c1-30(2,3)43-29(41)38-15-24-27(28(38)40)23(11-22(35-24)26-18(13-33)5-4-6-21(26)32)36-25-8-7-19(14-34-25)37-10-9-31(17-37)12-20(39)16-42-31/h4-8,11,14,20,39H,9-10,12,15-17H2,1-3H3,(H,34,35,36)/t20?,31-/m1/s1. The van der Waals surface area contributed by atoms with Crippen LogP contribution in [-0.2, 0) is 16.0 Å². The number of nitrogens with one attached hydrogen (secondary N) is 1. The van der Waals surface area contributed by atoms with Crippen molar-refractivity contribution in [2.24, 2.45) is 0 Å². The zero-order valence-electron chi connectivity index (χ0n) is 24.1. The van der Waals surface area contributed by atoms with Crippen molar-refractivity contribution in [2.45, 2.75) is 57.5 Å². The van der Waals surface area contributed by atoms with E-state index in [1.54, 1.807) is 33.0 Å². The molecule has 3 aliphatic rings. The summed E-state index contributed by atoms with van der Waals surface area (Å²) in [6.45, 7) is 6.68. The number of anilines is 3. The minimum Gasteiger partial charge on any atom is -0.443 e. The highest BCUT2D eigenvalue weighted by Gasteiger charge is 2.45. The zero-order valence-corrected chi connectivity index (χ0v) is 24.1. The van der Waals surface area contributed by atoms with Crippen molar-refractivity contribution >= 4 is 29.2 Å². The molecule has 5 heterocycles. The van der Waals surface area contributed by atoms with Gasteiger partial charge >= 0.3 is 6.09 Å². The number of aliphatic hydroxyl groups excluding tert-OH is 1. The third kappa shape index (κ3) is 5.49. The van der Waals surface area contributed by atoms with E-state index in [9.17, 15) is 20.0 Å². The Kier molecular flexibility index (Phi) is 7.02. The molecule has 3 aromatic rings. The van der Waals surface area contributed by atoms with Crippen molar-refractivity contribution < 1.29 is 28.6 Å². The minimum absolute atomic E-state index is 0.00969. The lowest BCUT2D eigenvalue weighted by Gasteiger charge is -2.24. The number of benzene rings is 1. The number of aliphatic hydroxyl groups is 1. The molecule has 2 fully saturated rings. The van der Waals surface area contributed by atoms with E-state index in [1.165, 1.54) is 24.3 Å². The average molecular weight is 587 g/mol. The van der Waals surface area contributed by atoms with Gasteiger partial charge in [0.1, 0.15) is 17.2 Å². The number of nitriles is 1. The number of amides is 2. The second-order valence-electron chi connectivity index (χ2n) is 12.1. The summed E-state index contributed by atoms with van der Waals surface area (Å²) in [4.78, 5) is 38.6. The number of aromatic nitrogens is 2. The van der Waals surface area contributed by atoms with Crippen molar-refractivity contribution in [1.82, 2.24) is 14.9 Å². The number of carbonyl (C=O) groups excluding carboxylic acids is 2. The van der Waals surface area contributed by atoms with Gasteiger partial charge in [-0.25, -0.2) is 24.1 Å². The maximum Gasteiger partial charge on any atom is 0.417 e. The highest BCUT2D eigenvalue weighted by molar-refractivity contribution is 6.10. The molecule has 2 saturated heterocycles. The molecule has 2 atom stereocenters. The van der Waals surface area contributed by atoms with E-state index < -0.39 is 29.5 Å². The van der Waals surface area contributed by atoms with Crippen molar-refractivity contribution in [2.75, 3.05) is 29.9 Å². The monoisotopic (exact) mass is 586 g/mol. The van der Waals surface area contributed by atoms with Gasteiger partial charge in [0.25, 0.3) is 5.91 Å². The number of hydrogen-bond donors (Lipinski definition) is 2. The molecule has 0 bridgehead atoms. The van der Waals surface area contributed by atoms with Crippen LogP contribution in [0.1, 0.15) is 55.2 Å². The molecule has 0 radical (unpaired) electrons. The highest BCUT2D eigenvalue weighted by Crippen LogP contribution is 2.38. The molecule has 11 nitrogen and oxygen atoms in total. The van der Waals surface area contributed by atoms with Crippen LogP contribution in [0.2, 0.25) is 0 Å². The number of fused-ring (bicyclic) bond motifs is 1. The minimum atomic E-state index is -0.828. The molecule has 1 unspecified atom stereocenters. The first-order chi connectivity index (χ1) is 20.4. The molecule has 2 aromatic heterocycles. The molecule has 1 aromatic carbocycles. The Morgan fingerprint density at radius 1 is 1.28 bits per heavy atom. The summed E-state index contributed by atoms with van der Waals surface area (Å²) >= 11 is 0. The van der Waals surface area contributed by atoms with Crippen molar-refractivity contribution in [1.29, 1.82) is 5.26 Å². The number of rotatable bonds is 4. The third-order valence-electron chi connectivity index (χ3n) is 7.75. The third-order valence-corrected chi connectivity index (χ3v) is 7.75. The van der Waals surface area contributed by atoms with Gasteiger partial charge in [0, 0.05) is 19.5 Å². The molecule has 2 amide bonds. The van der Waals surface area contributed by atoms with Crippen molar-refractivity contribution in [3.8, 4) is 17.3 Å². The van der Waals surface area contributed by atoms with Crippen LogP contribution in [0.3, 0.4) is 0 Å². The van der Waals surface area contributed by atoms with E-state index in [1.807, 2.05) is 12.1 Å². The summed E-state index contributed by atoms with van der Waals surface area (Å²) in [6.07, 6.45) is 1.85. The summed E-state index contributed by atoms with van der Waals surface area (Å²) in [5, 5.41) is 22.7. The Morgan fingerprint density at radius 2 is 2.09 bits per heavy atom. The first-order valence-corrected chi connectivity index (χ1v) is 14.0. The second kappa shape index (κ2) is 10.6. The fourth-order valence-electron chi connectivity index (χ4n) is 5.83. The van der Waals surface area contributed by atoms with E-state index in [-0.39, 0.29) is 45.9 Å². The molecule has 1 spiro atoms. The molecule has 6 rings (SSSR count). The van der Waals surface area contributed by atoms with Gasteiger partial charge in [-0.15, -0.1) is 0 Å². The number of halogens is 1. The summed E-state index contributed by atoms with van der Waals surface area (Å²) in [7, 11) is 0. The maximum atomic E-state index is 15.0. The van der Waals surface area contributed by atoms with Gasteiger partial charge in [0.15, 0.2) is 0 Å². The Balaban J connectivity index is 1.33. The summed E-state index contributed by atoms with van der Waals surface area (Å²) in [6, 6.07) is 11.3. The lowest BCUT2D eigenvalue weighted by Crippen LogP contribution is -2.37. The van der Waals surface area contributed by atoms with Crippen LogP contribution in [0.15, 0.2) is 42.6 Å². The summed E-state index contributed by atoms with van der Waals surface area (Å²) < 4.78 is 26.4. The molecule has 3 aliphatic heterocycles. The fraction of sp³-hybridized carbons (Fsp3) is 0.387. The maximum absolute atomic E-state index is 15.0. The Morgan fingerprint density at radius 3 is 2.77 bits per heavy atom. The van der Waals surface area contributed by atoms with Gasteiger partial charge in [-0.05, 0) is 57.5 Å². The molecule has 0 saturated carbocycles. The van der Waals surface area contributed by atoms with Crippen LogP contribution in [0.5, 0.6) is 0 Å². The molecule has 0 aliphatic carbocycles. The number of carbonyl (C=O) groups is 2. The summed E-state index contributed by atoms with van der Waals surface area (Å²) in [5.41, 5.74) is 0.537. The lowest BCUT2D eigenvalue weighted by molar-refractivity contribution is 0.0185. The number of hydrogen-bond acceptors (Lipinski definition) is 10. The van der Waals surface area contributed by atoms with Gasteiger partial charge in [-0.1, -0.05) is 6.07 Å². The average Bonchev–Trinajstić information content (AvgIpc) is 3.64. The first-order valence-electron chi connectivity index (χ1n) is 14.0. The molecule has 12 heteroatoms. The van der Waals surface area contributed by atoms with Crippen LogP contribution in [0, 0.1) is 17.1 Å². The van der Waals surface area contributed by atoms with Crippen LogP contribution in [-0.4, -0.2) is 69.0 Å². The quantitative estimate of drug-likeness (QED) is 0.448. The van der Waals surface area contributed by atoms with E-state index in [0.717, 1.165) is 23.6 Å². The van der Waals surface area contributed by atoms with E-state index >= 15 is 4.39 Å². The molecule has 43 heavy (non-hydrogen) atoms. The second-order valence-corrected chi connectivity index (χ2v) is 12.1. The molecule has 222 valence electrons. The molecular weight excluding hydrogens is 555 g/mol. The van der Waals surface area contributed by atoms with Crippen LogP contribution in [0.25, 0.3) is 11.3 Å². The number of nitrogens with zero attached hydrogens (tertiary/aromatic N) is 5. The van der Waals surface area contributed by atoms with Gasteiger partial charge in [0.05, 0.1) is 76.6 Å². The van der Waals surface area contributed by atoms with Gasteiger partial charge in [0.2, 0.25) is 0 Å². The van der Waals surface area contributed by atoms with Gasteiger partial charge in [-0.3, -0.25) is 4.79 Å². The lowest BCUT2D eigenvalue weighted by atomic mass is 9.98. The van der Waals surface area contributed by atoms with Gasteiger partial charge in [-0.2, -0.15) is 5.26 Å². The van der Waals surface area contributed by atoms with Crippen molar-refractivity contribution in [3.63, 3.8) is 0 Å². The van der Waals surface area contributed by atoms with Crippen LogP contribution >= 0.6 is 0 Å². The molecule has 2 N–H and O–H groups in total. The predicted octanol–water partition coefficient (Wildman–Crippen LogP) is 4.52. The number of imide groups is 1. The van der Waals surface area contributed by atoms with E-state index in [4.69, 9.17) is 9.47 Å². The van der Waals surface area contributed by atoms with E-state index in [0.29, 0.717) is 25.4 Å². The Labute approximate surface area is 247 Å². The van der Waals surface area contributed by atoms with Gasteiger partial charge < -0.3 is 24.8 Å². The fourth-order valence-corrected chi connectivity index (χ4v) is 5.83. The van der Waals surface area contributed by atoms with Crippen LogP contribution in [0.4, 0.5) is 26.4 Å². The normalized spacial score (nSPS) is 21.3. The smallest absolute Gasteiger partial charge is 0.417 e. The van der Waals surface area contributed by atoms with E-state index in [2.05, 4.69) is 20.2 Å². The zero-order chi connectivity index (χ0) is 30.5. The predicted molar refractivity (Wildman–Crippen MR) is 154 cm³/mol. The Bertz CT molecular complexity index is 1650. The number of ether oxygens (including phenoxy) is 2. The SMILES string of the molecule is CC(C)(C)OC(=O)N1Cc2nc(-c3c(F)cccc3C#N)cc(Nc3ccc(N4CC[C@@]5(CC(O)CO5)C4)cn3)c2C1=O. The largest absolute Gasteiger partial charge is 0.443 e. The first kappa shape index (κ1) is 28.5.